The predicted molar refractivity (Wildman–Crippen MR) is 136 cm³/mol. The van der Waals surface area contributed by atoms with Crippen molar-refractivity contribution in [1.82, 2.24) is 10.6 Å². The lowest BCUT2D eigenvalue weighted by molar-refractivity contribution is -0.288. The second-order valence-corrected chi connectivity index (χ2v) is 8.96. The Kier molecular flexibility index (Phi) is 9.90. The molecular weight excluding hydrogens is 552 g/mol. The second-order valence-electron chi connectivity index (χ2n) is 8.55. The van der Waals surface area contributed by atoms with Gasteiger partial charge in [-0.2, -0.15) is 0 Å². The summed E-state index contributed by atoms with van der Waals surface area (Å²) in [6.07, 6.45) is -5.53. The van der Waals surface area contributed by atoms with E-state index in [0.29, 0.717) is 5.56 Å². The average molecular weight is 579 g/mol. The molecule has 3 rings (SSSR count). The van der Waals surface area contributed by atoms with Crippen LogP contribution in [0.5, 0.6) is 5.75 Å². The Morgan fingerprint density at radius 2 is 1.45 bits per heavy atom. The molecule has 5 unspecified atom stereocenters. The summed E-state index contributed by atoms with van der Waals surface area (Å²) >= 11 is 4.79. The van der Waals surface area contributed by atoms with Gasteiger partial charge in [0.2, 0.25) is 12.4 Å². The van der Waals surface area contributed by atoms with E-state index in [2.05, 4.69) is 10.6 Å². The Morgan fingerprint density at radius 1 is 0.875 bits per heavy atom. The Balaban J connectivity index is 1.97. The van der Waals surface area contributed by atoms with Gasteiger partial charge in [0.1, 0.15) is 24.0 Å². The van der Waals surface area contributed by atoms with Crippen LogP contribution in [-0.4, -0.2) is 78.1 Å². The summed E-state index contributed by atoms with van der Waals surface area (Å²) in [4.78, 5) is 71.7. The number of hydrogen-bond donors (Lipinski definition) is 2. The van der Waals surface area contributed by atoms with Crippen molar-refractivity contribution in [1.29, 1.82) is 0 Å². The molecule has 214 valence electrons. The van der Waals surface area contributed by atoms with Gasteiger partial charge in [-0.05, 0) is 36.0 Å². The molecule has 0 radical (unpaired) electrons. The third kappa shape index (κ3) is 8.07. The van der Waals surface area contributed by atoms with Gasteiger partial charge >= 0.3 is 23.9 Å². The zero-order valence-corrected chi connectivity index (χ0v) is 22.6. The van der Waals surface area contributed by atoms with Gasteiger partial charge in [-0.1, -0.05) is 12.1 Å². The second kappa shape index (κ2) is 13.1. The Morgan fingerprint density at radius 3 is 2.02 bits per heavy atom. The van der Waals surface area contributed by atoms with E-state index in [4.69, 9.17) is 40.6 Å². The third-order valence-corrected chi connectivity index (χ3v) is 5.52. The van der Waals surface area contributed by atoms with Crippen LogP contribution in [0.1, 0.15) is 33.3 Å². The van der Waals surface area contributed by atoms with E-state index in [-0.39, 0.29) is 16.4 Å². The molecular formula is C25H26N2O12S. The molecule has 0 saturated carbocycles. The zero-order chi connectivity index (χ0) is 29.6. The van der Waals surface area contributed by atoms with Crippen molar-refractivity contribution in [2.24, 2.45) is 0 Å². The number of thiocarbonyl (C=S) groups is 1. The number of carbonyl (C=O) groups is 6. The highest BCUT2D eigenvalue weighted by molar-refractivity contribution is 7.80. The molecule has 2 aliphatic heterocycles. The quantitative estimate of drug-likeness (QED) is 0.139. The monoisotopic (exact) mass is 578 g/mol. The van der Waals surface area contributed by atoms with Crippen molar-refractivity contribution in [2.45, 2.75) is 58.4 Å². The Labute approximate surface area is 233 Å². The van der Waals surface area contributed by atoms with E-state index in [1.807, 2.05) is 0 Å². The van der Waals surface area contributed by atoms with Crippen molar-refractivity contribution in [3.8, 4) is 5.75 Å². The summed E-state index contributed by atoms with van der Waals surface area (Å²) in [5.41, 5.74) is 0.161. The van der Waals surface area contributed by atoms with Crippen LogP contribution >= 0.6 is 12.2 Å². The number of amides is 2. The van der Waals surface area contributed by atoms with Gasteiger partial charge in [0.15, 0.2) is 17.3 Å². The van der Waals surface area contributed by atoms with Crippen LogP contribution in [0.15, 0.2) is 29.8 Å². The number of benzene rings is 1. The molecule has 0 spiro atoms. The van der Waals surface area contributed by atoms with E-state index in [9.17, 15) is 28.8 Å². The van der Waals surface area contributed by atoms with Crippen LogP contribution in [0.2, 0.25) is 0 Å². The largest absolute Gasteiger partial charge is 0.463 e. The minimum atomic E-state index is -1.46. The van der Waals surface area contributed by atoms with Crippen molar-refractivity contribution in [3.63, 3.8) is 0 Å². The van der Waals surface area contributed by atoms with Crippen LogP contribution in [0.4, 0.5) is 0 Å². The lowest BCUT2D eigenvalue weighted by atomic mass is 9.98. The van der Waals surface area contributed by atoms with Gasteiger partial charge in [-0.3, -0.25) is 39.4 Å². The molecule has 2 saturated heterocycles. The van der Waals surface area contributed by atoms with Crippen molar-refractivity contribution in [2.75, 3.05) is 6.61 Å². The Bertz CT molecular complexity index is 1240. The van der Waals surface area contributed by atoms with Gasteiger partial charge in [-0.25, -0.2) is 0 Å². The molecule has 2 amide bonds. The zero-order valence-electron chi connectivity index (χ0n) is 21.8. The van der Waals surface area contributed by atoms with Gasteiger partial charge in [-0.15, -0.1) is 0 Å². The van der Waals surface area contributed by atoms with Gasteiger partial charge in [0.25, 0.3) is 11.8 Å². The van der Waals surface area contributed by atoms with Crippen LogP contribution in [0.3, 0.4) is 0 Å². The first-order valence-corrected chi connectivity index (χ1v) is 12.2. The smallest absolute Gasteiger partial charge is 0.303 e. The SMILES string of the molecule is CC(=O)OCC1OC(Oc2cccc(C=C3C(=O)NC(=S)NC3=O)c2)C(OC(C)=O)C(OC(C)=O)C1OC(C)=O. The number of ether oxygens (including phenoxy) is 6. The maximum Gasteiger partial charge on any atom is 0.303 e. The third-order valence-electron chi connectivity index (χ3n) is 5.31. The minimum absolute atomic E-state index is 0.118. The molecule has 0 aliphatic carbocycles. The average Bonchev–Trinajstić information content (AvgIpc) is 2.83. The van der Waals surface area contributed by atoms with Crippen molar-refractivity contribution >= 4 is 59.1 Å². The maximum atomic E-state index is 12.2. The van der Waals surface area contributed by atoms with Gasteiger partial charge < -0.3 is 28.4 Å². The van der Waals surface area contributed by atoms with Crippen LogP contribution in [0.25, 0.3) is 6.08 Å². The standard InChI is InChI=1S/C25H26N2O12S/c1-11(28)34-10-18-19(35-12(2)29)20(36-13(3)30)21(37-14(4)31)24(39-18)38-16-7-5-6-15(8-16)9-17-22(32)26-25(40)27-23(17)33/h5-9,18-21,24H,10H2,1-4H3,(H2,26,27,32,33,40). The van der Waals surface area contributed by atoms with Gasteiger partial charge in [0, 0.05) is 27.7 Å². The number of nitrogens with one attached hydrogen (secondary N) is 2. The predicted octanol–water partition coefficient (Wildman–Crippen LogP) is 0.0628. The molecule has 14 nitrogen and oxygen atoms in total. The van der Waals surface area contributed by atoms with E-state index in [1.165, 1.54) is 18.2 Å². The molecule has 15 heteroatoms. The van der Waals surface area contributed by atoms with Gasteiger partial charge in [0.05, 0.1) is 0 Å². The fourth-order valence-corrected chi connectivity index (χ4v) is 4.05. The summed E-state index contributed by atoms with van der Waals surface area (Å²) < 4.78 is 33.0. The molecule has 40 heavy (non-hydrogen) atoms. The van der Waals surface area contributed by atoms with Crippen molar-refractivity contribution < 1.29 is 57.2 Å². The topological polar surface area (TPSA) is 182 Å². The molecule has 1 aromatic carbocycles. The van der Waals surface area contributed by atoms with E-state index in [0.717, 1.165) is 27.7 Å². The molecule has 0 bridgehead atoms. The number of esters is 4. The fraction of sp³-hybridized carbons (Fsp3) is 0.400. The van der Waals surface area contributed by atoms with E-state index >= 15 is 0 Å². The summed E-state index contributed by atoms with van der Waals surface area (Å²) in [7, 11) is 0. The molecule has 5 atom stereocenters. The maximum absolute atomic E-state index is 12.2. The minimum Gasteiger partial charge on any atom is -0.463 e. The van der Waals surface area contributed by atoms with E-state index < -0.39 is 73.0 Å². The van der Waals surface area contributed by atoms with E-state index in [1.54, 1.807) is 12.1 Å². The van der Waals surface area contributed by atoms with Crippen LogP contribution < -0.4 is 15.4 Å². The fourth-order valence-electron chi connectivity index (χ4n) is 3.87. The number of hydrogen-bond acceptors (Lipinski definition) is 13. The molecule has 2 N–H and O–H groups in total. The number of carbonyl (C=O) groups excluding carboxylic acids is 6. The summed E-state index contributed by atoms with van der Waals surface area (Å²) in [6, 6.07) is 6.10. The Hall–Kier alpha value is -4.37. The van der Waals surface area contributed by atoms with Crippen LogP contribution in [-0.2, 0) is 52.5 Å². The lowest BCUT2D eigenvalue weighted by Crippen LogP contribution is -2.63. The summed E-state index contributed by atoms with van der Waals surface area (Å²) in [6.45, 7) is 4.05. The van der Waals surface area contributed by atoms with Crippen molar-refractivity contribution in [3.05, 3.63) is 35.4 Å². The highest BCUT2D eigenvalue weighted by Crippen LogP contribution is 2.31. The molecule has 2 fully saturated rings. The summed E-state index contributed by atoms with van der Waals surface area (Å²) in [5.74, 6) is -4.27. The molecule has 0 aromatic heterocycles. The highest BCUT2D eigenvalue weighted by atomic mass is 32.1. The molecule has 1 aromatic rings. The first kappa shape index (κ1) is 30.2. The molecule has 2 aliphatic rings. The lowest BCUT2D eigenvalue weighted by Gasteiger charge is -2.43. The van der Waals surface area contributed by atoms with Crippen LogP contribution in [0, 0.1) is 0 Å². The summed E-state index contributed by atoms with van der Waals surface area (Å²) in [5, 5.41) is 4.54. The first-order valence-electron chi connectivity index (χ1n) is 11.8. The normalized spacial score (nSPS) is 24.1. The highest BCUT2D eigenvalue weighted by Gasteiger charge is 2.53. The number of rotatable bonds is 8. The molecule has 2 heterocycles. The first-order chi connectivity index (χ1) is 18.8.